The molecule has 0 bridgehead atoms. The van der Waals surface area contributed by atoms with Gasteiger partial charge in [0.1, 0.15) is 5.75 Å². The molecule has 0 amide bonds. The number of hydrogen-bond donors (Lipinski definition) is 0. The van der Waals surface area contributed by atoms with Crippen molar-refractivity contribution in [2.24, 2.45) is 0 Å². The van der Waals surface area contributed by atoms with Crippen LogP contribution in [0.2, 0.25) is 0 Å². The molecule has 0 heterocycles. The second-order valence-electron chi connectivity index (χ2n) is 3.48. The number of methoxy groups -OCH3 is 1. The van der Waals surface area contributed by atoms with Crippen molar-refractivity contribution in [3.05, 3.63) is 29.8 Å². The summed E-state index contributed by atoms with van der Waals surface area (Å²) < 4.78 is 5.11. The molecule has 0 fully saturated rings. The van der Waals surface area contributed by atoms with Gasteiger partial charge >= 0.3 is 0 Å². The van der Waals surface area contributed by atoms with E-state index < -0.39 is 0 Å². The van der Waals surface area contributed by atoms with E-state index in [1.807, 2.05) is 12.1 Å². The predicted molar refractivity (Wildman–Crippen MR) is 69.4 cm³/mol. The van der Waals surface area contributed by atoms with Gasteiger partial charge in [-0.1, -0.05) is 28.1 Å². The number of rotatable bonds is 6. The van der Waals surface area contributed by atoms with Gasteiger partial charge in [-0.05, 0) is 37.0 Å². The van der Waals surface area contributed by atoms with E-state index in [0.717, 1.165) is 30.9 Å². The maximum Gasteiger partial charge on any atom is 0.118 e. The summed E-state index contributed by atoms with van der Waals surface area (Å²) in [7, 11) is 1.68. The fraction of sp³-hybridized carbons (Fsp3) is 0.500. The molecule has 84 valence electrons. The van der Waals surface area contributed by atoms with Crippen LogP contribution in [0.25, 0.3) is 0 Å². The lowest BCUT2D eigenvalue weighted by atomic mass is 10.1. The first-order chi connectivity index (χ1) is 7.26. The van der Waals surface area contributed by atoms with E-state index in [9.17, 15) is 0 Å². The van der Waals surface area contributed by atoms with Crippen molar-refractivity contribution in [2.45, 2.75) is 24.1 Å². The minimum Gasteiger partial charge on any atom is -0.497 e. The Hall–Kier alpha value is -0.210. The van der Waals surface area contributed by atoms with Crippen molar-refractivity contribution in [1.82, 2.24) is 0 Å². The number of ether oxygens (including phenoxy) is 1. The Bertz CT molecular complexity index is 273. The van der Waals surface area contributed by atoms with Gasteiger partial charge in [0.25, 0.3) is 0 Å². The molecule has 3 heteroatoms. The molecule has 1 nitrogen and oxygen atoms in total. The lowest BCUT2D eigenvalue weighted by Crippen LogP contribution is -2.02. The van der Waals surface area contributed by atoms with E-state index in [1.54, 1.807) is 7.11 Å². The van der Waals surface area contributed by atoms with Gasteiger partial charge in [0.05, 0.1) is 7.11 Å². The predicted octanol–water partition coefficient (Wildman–Crippen LogP) is 4.02. The minimum atomic E-state index is 0.518. The molecule has 1 unspecified atom stereocenters. The smallest absolute Gasteiger partial charge is 0.118 e. The maximum absolute atomic E-state index is 5.65. The molecule has 0 N–H and O–H groups in total. The third-order valence-corrected chi connectivity index (χ3v) is 3.32. The van der Waals surface area contributed by atoms with Crippen molar-refractivity contribution in [3.8, 4) is 5.75 Å². The van der Waals surface area contributed by atoms with Gasteiger partial charge in [-0.15, -0.1) is 11.6 Å². The van der Waals surface area contributed by atoms with Crippen molar-refractivity contribution < 1.29 is 4.74 Å². The Labute approximate surface area is 105 Å². The number of halogens is 2. The largest absolute Gasteiger partial charge is 0.497 e. The highest BCUT2D eigenvalue weighted by atomic mass is 79.9. The highest BCUT2D eigenvalue weighted by molar-refractivity contribution is 9.09. The standard InChI is InChI=1S/C12H16BrClO/c1-15-12-6-4-10(5-7-12)9-11(13)3-2-8-14/h4-7,11H,2-3,8-9H2,1H3. The Balaban J connectivity index is 2.42. The summed E-state index contributed by atoms with van der Waals surface area (Å²) in [5.74, 6) is 1.65. The Morgan fingerprint density at radius 2 is 2.00 bits per heavy atom. The summed E-state index contributed by atoms with van der Waals surface area (Å²) >= 11 is 9.31. The molecule has 1 aromatic rings. The average Bonchev–Trinajstić information content (AvgIpc) is 2.27. The van der Waals surface area contributed by atoms with Crippen LogP contribution in [0, 0.1) is 0 Å². The highest BCUT2D eigenvalue weighted by Crippen LogP contribution is 2.18. The van der Waals surface area contributed by atoms with Gasteiger partial charge in [0, 0.05) is 10.7 Å². The first kappa shape index (κ1) is 12.9. The van der Waals surface area contributed by atoms with E-state index in [4.69, 9.17) is 16.3 Å². The van der Waals surface area contributed by atoms with Crippen LogP contribution < -0.4 is 4.74 Å². The fourth-order valence-electron chi connectivity index (χ4n) is 1.42. The van der Waals surface area contributed by atoms with E-state index in [1.165, 1.54) is 5.56 Å². The molecule has 0 aliphatic heterocycles. The maximum atomic E-state index is 5.65. The Kier molecular flexibility index (Phi) is 6.11. The third kappa shape index (κ3) is 4.89. The second kappa shape index (κ2) is 7.13. The molecule has 15 heavy (non-hydrogen) atoms. The average molecular weight is 292 g/mol. The SMILES string of the molecule is COc1ccc(CC(Br)CCCCl)cc1. The van der Waals surface area contributed by atoms with Crippen LogP contribution in [0.1, 0.15) is 18.4 Å². The molecule has 1 aromatic carbocycles. The number of benzene rings is 1. The normalized spacial score (nSPS) is 12.5. The summed E-state index contributed by atoms with van der Waals surface area (Å²) in [5.41, 5.74) is 1.33. The summed E-state index contributed by atoms with van der Waals surface area (Å²) in [6.07, 6.45) is 3.23. The second-order valence-corrected chi connectivity index (χ2v) is 5.15. The van der Waals surface area contributed by atoms with E-state index in [2.05, 4.69) is 28.1 Å². The number of alkyl halides is 2. The first-order valence-electron chi connectivity index (χ1n) is 5.09. The summed E-state index contributed by atoms with van der Waals surface area (Å²) in [6.45, 7) is 0. The first-order valence-corrected chi connectivity index (χ1v) is 6.54. The van der Waals surface area contributed by atoms with Crippen molar-refractivity contribution >= 4 is 27.5 Å². The van der Waals surface area contributed by atoms with Crippen LogP contribution in [0.15, 0.2) is 24.3 Å². The van der Waals surface area contributed by atoms with Crippen LogP contribution in [0.3, 0.4) is 0 Å². The summed E-state index contributed by atoms with van der Waals surface area (Å²) in [4.78, 5) is 0.518. The van der Waals surface area contributed by atoms with Crippen molar-refractivity contribution in [3.63, 3.8) is 0 Å². The lowest BCUT2D eigenvalue weighted by molar-refractivity contribution is 0.414. The molecule has 0 radical (unpaired) electrons. The molecule has 0 aliphatic carbocycles. The van der Waals surface area contributed by atoms with Crippen LogP contribution >= 0.6 is 27.5 Å². The van der Waals surface area contributed by atoms with E-state index in [-0.39, 0.29) is 0 Å². The summed E-state index contributed by atoms with van der Waals surface area (Å²) in [6, 6.07) is 8.20. The molecule has 1 rings (SSSR count). The van der Waals surface area contributed by atoms with E-state index >= 15 is 0 Å². The Morgan fingerprint density at radius 3 is 2.53 bits per heavy atom. The van der Waals surface area contributed by atoms with Gasteiger partial charge in [-0.3, -0.25) is 0 Å². The zero-order valence-corrected chi connectivity index (χ0v) is 11.2. The van der Waals surface area contributed by atoms with Crippen LogP contribution in [0.4, 0.5) is 0 Å². The highest BCUT2D eigenvalue weighted by Gasteiger charge is 2.05. The van der Waals surface area contributed by atoms with Gasteiger partial charge in [-0.2, -0.15) is 0 Å². The molecule has 0 aromatic heterocycles. The fourth-order valence-corrected chi connectivity index (χ4v) is 2.27. The monoisotopic (exact) mass is 290 g/mol. The quantitative estimate of drug-likeness (QED) is 0.719. The van der Waals surface area contributed by atoms with Crippen molar-refractivity contribution in [2.75, 3.05) is 13.0 Å². The van der Waals surface area contributed by atoms with Gasteiger partial charge in [0.2, 0.25) is 0 Å². The molecule has 0 saturated carbocycles. The molecule has 0 aliphatic rings. The molecular weight excluding hydrogens is 275 g/mol. The van der Waals surface area contributed by atoms with Crippen LogP contribution in [-0.4, -0.2) is 17.8 Å². The van der Waals surface area contributed by atoms with Gasteiger partial charge in [-0.25, -0.2) is 0 Å². The zero-order chi connectivity index (χ0) is 11.1. The zero-order valence-electron chi connectivity index (χ0n) is 8.88. The molecule has 0 saturated heterocycles. The van der Waals surface area contributed by atoms with Crippen LogP contribution in [0.5, 0.6) is 5.75 Å². The summed E-state index contributed by atoms with van der Waals surface area (Å²) in [5, 5.41) is 0. The number of hydrogen-bond acceptors (Lipinski definition) is 1. The minimum absolute atomic E-state index is 0.518. The molecular formula is C12H16BrClO. The molecule has 0 spiro atoms. The van der Waals surface area contributed by atoms with Crippen molar-refractivity contribution in [1.29, 1.82) is 0 Å². The third-order valence-electron chi connectivity index (χ3n) is 2.27. The van der Waals surface area contributed by atoms with Crippen LogP contribution in [-0.2, 0) is 6.42 Å². The molecule has 1 atom stereocenters. The Morgan fingerprint density at radius 1 is 1.33 bits per heavy atom. The van der Waals surface area contributed by atoms with E-state index in [0.29, 0.717) is 4.83 Å². The topological polar surface area (TPSA) is 9.23 Å². The van der Waals surface area contributed by atoms with Gasteiger partial charge in [0.15, 0.2) is 0 Å². The van der Waals surface area contributed by atoms with Gasteiger partial charge < -0.3 is 4.74 Å². The lowest BCUT2D eigenvalue weighted by Gasteiger charge is -2.09.